The average molecular weight is 152 g/mol. The van der Waals surface area contributed by atoms with Gasteiger partial charge in [0.15, 0.2) is 0 Å². The van der Waals surface area contributed by atoms with Gasteiger partial charge in [-0.3, -0.25) is 0 Å². The van der Waals surface area contributed by atoms with E-state index in [-0.39, 0.29) is 0 Å². The summed E-state index contributed by atoms with van der Waals surface area (Å²) >= 11 is 0. The fraction of sp³-hybridized carbons (Fsp3) is 0.250. The van der Waals surface area contributed by atoms with Gasteiger partial charge in [-0.2, -0.15) is 0 Å². The summed E-state index contributed by atoms with van der Waals surface area (Å²) in [5.74, 6) is 0. The van der Waals surface area contributed by atoms with Crippen molar-refractivity contribution in [2.75, 3.05) is 17.4 Å². The number of benzene rings is 1. The Morgan fingerprint density at radius 3 is 3.09 bits per heavy atom. The van der Waals surface area contributed by atoms with Gasteiger partial charge in [-0.15, -0.1) is 0 Å². The second kappa shape index (κ2) is 2.12. The number of hydrogen-bond donors (Lipinski definition) is 1. The molecule has 0 radical (unpaired) electrons. The quantitative estimate of drug-likeness (QED) is 0.451. The maximum Gasteiger partial charge on any atom is 0.0740 e. The van der Waals surface area contributed by atoms with Crippen molar-refractivity contribution in [2.24, 2.45) is 0 Å². The lowest BCUT2D eigenvalue weighted by molar-refractivity contribution is 0.451. The number of nitrogens with two attached hydrogens (primary N) is 1. The molecule has 11 heavy (non-hydrogen) atoms. The van der Waals surface area contributed by atoms with Crippen molar-refractivity contribution in [3.8, 4) is 0 Å². The molecule has 1 aliphatic heterocycles. The van der Waals surface area contributed by atoms with E-state index in [1.165, 1.54) is 0 Å². The third kappa shape index (κ3) is 0.926. The van der Waals surface area contributed by atoms with Crippen LogP contribution in [0.2, 0.25) is 0 Å². The predicted molar refractivity (Wildman–Crippen MR) is 43.0 cm³/mol. The van der Waals surface area contributed by atoms with Gasteiger partial charge in [-0.1, -0.05) is 10.5 Å². The van der Waals surface area contributed by atoms with E-state index < -0.39 is 0 Å². The van der Waals surface area contributed by atoms with Gasteiger partial charge in [0.2, 0.25) is 0 Å². The molecule has 0 bridgehead atoms. The molecular formula is C8H9FN2. The molecule has 0 aliphatic carbocycles. The largest absolute Gasteiger partial charge is 0.399 e. The maximum atomic E-state index is 12.9. The Labute approximate surface area is 64.4 Å². The molecule has 0 atom stereocenters. The number of anilines is 2. The minimum Gasteiger partial charge on any atom is -0.399 e. The number of nitrogens with zero attached hydrogens (tertiary/aromatic N) is 1. The van der Waals surface area contributed by atoms with Gasteiger partial charge < -0.3 is 5.73 Å². The van der Waals surface area contributed by atoms with E-state index in [9.17, 15) is 4.48 Å². The van der Waals surface area contributed by atoms with E-state index in [4.69, 9.17) is 5.73 Å². The molecule has 2 nitrogen and oxygen atoms in total. The Bertz CT molecular complexity index is 285. The highest BCUT2D eigenvalue weighted by Crippen LogP contribution is 2.29. The van der Waals surface area contributed by atoms with Crippen LogP contribution in [0, 0.1) is 0 Å². The molecule has 1 aromatic rings. The maximum absolute atomic E-state index is 12.9. The van der Waals surface area contributed by atoms with Crippen molar-refractivity contribution >= 4 is 11.4 Å². The highest BCUT2D eigenvalue weighted by Gasteiger charge is 2.17. The van der Waals surface area contributed by atoms with Crippen LogP contribution in [-0.4, -0.2) is 6.54 Å². The Kier molecular flexibility index (Phi) is 1.24. The third-order valence-corrected chi connectivity index (χ3v) is 1.95. The summed E-state index contributed by atoms with van der Waals surface area (Å²) in [6.07, 6.45) is 0.784. The predicted octanol–water partition coefficient (Wildman–Crippen LogP) is 1.52. The van der Waals surface area contributed by atoms with Gasteiger partial charge in [0.25, 0.3) is 0 Å². The van der Waals surface area contributed by atoms with Gasteiger partial charge in [-0.25, -0.2) is 5.12 Å². The summed E-state index contributed by atoms with van der Waals surface area (Å²) in [5.41, 5.74) is 7.79. The molecule has 0 amide bonds. The van der Waals surface area contributed by atoms with Crippen LogP contribution in [0.3, 0.4) is 0 Å². The van der Waals surface area contributed by atoms with Crippen LogP contribution in [0.5, 0.6) is 0 Å². The molecule has 0 spiro atoms. The molecule has 1 aliphatic rings. The molecule has 2 rings (SSSR count). The van der Waals surface area contributed by atoms with E-state index in [0.717, 1.165) is 17.1 Å². The average Bonchev–Trinajstić information content (AvgIpc) is 2.33. The fourth-order valence-electron chi connectivity index (χ4n) is 1.36. The molecule has 0 aromatic heterocycles. The number of rotatable bonds is 0. The topological polar surface area (TPSA) is 29.3 Å². The molecule has 1 aromatic carbocycles. The second-order valence-corrected chi connectivity index (χ2v) is 2.72. The highest BCUT2D eigenvalue weighted by atomic mass is 19.2. The summed E-state index contributed by atoms with van der Waals surface area (Å²) in [6, 6.07) is 5.35. The normalized spacial score (nSPS) is 15.2. The van der Waals surface area contributed by atoms with Crippen molar-refractivity contribution < 1.29 is 4.48 Å². The Morgan fingerprint density at radius 2 is 2.27 bits per heavy atom. The zero-order valence-corrected chi connectivity index (χ0v) is 6.05. The van der Waals surface area contributed by atoms with Gasteiger partial charge in [0, 0.05) is 5.69 Å². The summed E-state index contributed by atoms with van der Waals surface area (Å²) in [6.45, 7) is 0.457. The fourth-order valence-corrected chi connectivity index (χ4v) is 1.36. The zero-order valence-electron chi connectivity index (χ0n) is 6.05. The number of fused-ring (bicyclic) bond motifs is 1. The number of halogens is 1. The minimum absolute atomic E-state index is 0.457. The van der Waals surface area contributed by atoms with Crippen LogP contribution >= 0.6 is 0 Å². The first kappa shape index (κ1) is 6.46. The van der Waals surface area contributed by atoms with Crippen molar-refractivity contribution in [1.29, 1.82) is 0 Å². The number of nitrogen functional groups attached to an aromatic ring is 1. The van der Waals surface area contributed by atoms with E-state index in [1.54, 1.807) is 12.1 Å². The van der Waals surface area contributed by atoms with Gasteiger partial charge in [-0.05, 0) is 24.1 Å². The van der Waals surface area contributed by atoms with Crippen molar-refractivity contribution in [1.82, 2.24) is 0 Å². The van der Waals surface area contributed by atoms with E-state index in [0.29, 0.717) is 17.9 Å². The Hall–Kier alpha value is -1.25. The SMILES string of the molecule is Nc1ccc2c(c1)N(F)CC2. The first-order valence-corrected chi connectivity index (χ1v) is 3.59. The van der Waals surface area contributed by atoms with E-state index >= 15 is 0 Å². The molecule has 0 saturated heterocycles. The summed E-state index contributed by atoms with van der Waals surface area (Å²) in [5, 5.41) is 0.742. The van der Waals surface area contributed by atoms with Crippen molar-refractivity contribution in [3.05, 3.63) is 23.8 Å². The summed E-state index contributed by atoms with van der Waals surface area (Å²) in [4.78, 5) is 0. The molecule has 2 N–H and O–H groups in total. The molecule has 0 unspecified atom stereocenters. The van der Waals surface area contributed by atoms with Crippen LogP contribution in [0.1, 0.15) is 5.56 Å². The van der Waals surface area contributed by atoms with Gasteiger partial charge >= 0.3 is 0 Å². The zero-order chi connectivity index (χ0) is 7.84. The monoisotopic (exact) mass is 152 g/mol. The molecule has 3 heteroatoms. The molecule has 0 saturated carbocycles. The van der Waals surface area contributed by atoms with E-state index in [1.807, 2.05) is 6.07 Å². The van der Waals surface area contributed by atoms with Crippen LogP contribution in [0.25, 0.3) is 0 Å². The second-order valence-electron chi connectivity index (χ2n) is 2.72. The lowest BCUT2D eigenvalue weighted by Crippen LogP contribution is -2.06. The number of hydrogen-bond acceptors (Lipinski definition) is 2. The van der Waals surface area contributed by atoms with Crippen LogP contribution in [0.4, 0.5) is 15.9 Å². The molecule has 0 fully saturated rings. The van der Waals surface area contributed by atoms with Crippen molar-refractivity contribution in [3.63, 3.8) is 0 Å². The lowest BCUT2D eigenvalue weighted by atomic mass is 10.1. The Morgan fingerprint density at radius 1 is 1.45 bits per heavy atom. The summed E-state index contributed by atoms with van der Waals surface area (Å²) < 4.78 is 12.9. The van der Waals surface area contributed by atoms with E-state index in [2.05, 4.69) is 0 Å². The molecule has 1 heterocycles. The highest BCUT2D eigenvalue weighted by molar-refractivity contribution is 5.62. The Balaban J connectivity index is 2.52. The molecule has 58 valence electrons. The van der Waals surface area contributed by atoms with Gasteiger partial charge in [0.1, 0.15) is 0 Å². The minimum atomic E-state index is 0.457. The van der Waals surface area contributed by atoms with Gasteiger partial charge in [0.05, 0.1) is 12.2 Å². The lowest BCUT2D eigenvalue weighted by Gasteiger charge is -2.05. The smallest absolute Gasteiger partial charge is 0.0740 e. The van der Waals surface area contributed by atoms with Crippen LogP contribution in [0.15, 0.2) is 18.2 Å². The first-order chi connectivity index (χ1) is 5.27. The van der Waals surface area contributed by atoms with Crippen LogP contribution in [-0.2, 0) is 6.42 Å². The first-order valence-electron chi connectivity index (χ1n) is 3.59. The summed E-state index contributed by atoms with van der Waals surface area (Å²) in [7, 11) is 0. The standard InChI is InChI=1S/C8H9FN2/c9-11-4-3-6-1-2-7(10)5-8(6)11/h1-2,5H,3-4,10H2. The molecular weight excluding hydrogens is 143 g/mol. The third-order valence-electron chi connectivity index (χ3n) is 1.95. The van der Waals surface area contributed by atoms with Crippen molar-refractivity contribution in [2.45, 2.75) is 6.42 Å². The van der Waals surface area contributed by atoms with Crippen LogP contribution < -0.4 is 10.9 Å².